The maximum absolute atomic E-state index is 12.5. The first-order valence-corrected chi connectivity index (χ1v) is 8.75. The molecule has 0 bridgehead atoms. The van der Waals surface area contributed by atoms with Gasteiger partial charge in [0.05, 0.1) is 5.56 Å². The SMILES string of the molecule is O=C(OCC(=O)N1CCc2ccccc2C1)c1cc(=O)[nH]c2ccccc12. The number of rotatable bonds is 3. The van der Waals surface area contributed by atoms with Crippen molar-refractivity contribution in [3.05, 3.63) is 81.6 Å². The maximum atomic E-state index is 12.5. The Balaban J connectivity index is 1.46. The van der Waals surface area contributed by atoms with Crippen LogP contribution in [-0.4, -0.2) is 34.9 Å². The monoisotopic (exact) mass is 362 g/mol. The molecule has 2 heterocycles. The van der Waals surface area contributed by atoms with Crippen LogP contribution in [0.25, 0.3) is 10.9 Å². The number of pyridine rings is 1. The van der Waals surface area contributed by atoms with Crippen LogP contribution in [0.3, 0.4) is 0 Å². The Labute approximate surface area is 155 Å². The quantitative estimate of drug-likeness (QED) is 0.725. The van der Waals surface area contributed by atoms with E-state index in [2.05, 4.69) is 11.1 Å². The minimum absolute atomic E-state index is 0.158. The van der Waals surface area contributed by atoms with Crippen LogP contribution in [0, 0.1) is 0 Å². The first-order chi connectivity index (χ1) is 13.1. The van der Waals surface area contributed by atoms with E-state index >= 15 is 0 Å². The van der Waals surface area contributed by atoms with Crippen LogP contribution in [0.15, 0.2) is 59.4 Å². The lowest BCUT2D eigenvalue weighted by Gasteiger charge is -2.28. The van der Waals surface area contributed by atoms with Gasteiger partial charge in [-0.05, 0) is 23.6 Å². The van der Waals surface area contributed by atoms with E-state index in [1.54, 1.807) is 29.2 Å². The summed E-state index contributed by atoms with van der Waals surface area (Å²) >= 11 is 0. The number of aromatic amines is 1. The zero-order valence-electron chi connectivity index (χ0n) is 14.6. The molecule has 0 spiro atoms. The molecule has 1 amide bonds. The van der Waals surface area contributed by atoms with Crippen molar-refractivity contribution >= 4 is 22.8 Å². The lowest BCUT2D eigenvalue weighted by molar-refractivity contribution is -0.135. The van der Waals surface area contributed by atoms with E-state index in [0.717, 1.165) is 12.0 Å². The molecule has 0 unspecified atom stereocenters. The summed E-state index contributed by atoms with van der Waals surface area (Å²) in [6, 6.07) is 16.2. The number of carbonyl (C=O) groups excluding carboxylic acids is 2. The molecule has 27 heavy (non-hydrogen) atoms. The summed E-state index contributed by atoms with van der Waals surface area (Å²) in [7, 11) is 0. The average Bonchev–Trinajstić information content (AvgIpc) is 2.70. The number of hydrogen-bond donors (Lipinski definition) is 1. The fraction of sp³-hybridized carbons (Fsp3) is 0.190. The second kappa shape index (κ2) is 7.07. The van der Waals surface area contributed by atoms with Gasteiger partial charge in [-0.25, -0.2) is 4.79 Å². The first kappa shape index (κ1) is 17.0. The number of nitrogens with one attached hydrogen (secondary N) is 1. The minimum Gasteiger partial charge on any atom is -0.452 e. The summed E-state index contributed by atoms with van der Waals surface area (Å²) in [6.45, 7) is 0.768. The second-order valence-corrected chi connectivity index (χ2v) is 6.50. The van der Waals surface area contributed by atoms with E-state index in [1.807, 2.05) is 18.2 Å². The molecular formula is C21H18N2O4. The molecule has 3 aromatic rings. The van der Waals surface area contributed by atoms with Crippen LogP contribution in [0.5, 0.6) is 0 Å². The zero-order chi connectivity index (χ0) is 18.8. The standard InChI is InChI=1S/C21H18N2O4/c24-19-11-17(16-7-3-4-8-18(16)22-19)21(26)27-13-20(25)23-10-9-14-5-1-2-6-15(14)12-23/h1-8,11H,9-10,12-13H2,(H,22,24). The zero-order valence-corrected chi connectivity index (χ0v) is 14.6. The van der Waals surface area contributed by atoms with Crippen LogP contribution < -0.4 is 5.56 Å². The highest BCUT2D eigenvalue weighted by Gasteiger charge is 2.22. The average molecular weight is 362 g/mol. The molecule has 2 aromatic carbocycles. The number of esters is 1. The van der Waals surface area contributed by atoms with Crippen molar-refractivity contribution in [2.75, 3.05) is 13.2 Å². The third-order valence-electron chi connectivity index (χ3n) is 4.78. The van der Waals surface area contributed by atoms with Crippen molar-refractivity contribution in [1.82, 2.24) is 9.88 Å². The summed E-state index contributed by atoms with van der Waals surface area (Å²) in [5.74, 6) is -0.921. The van der Waals surface area contributed by atoms with Gasteiger partial charge < -0.3 is 14.6 Å². The summed E-state index contributed by atoms with van der Waals surface area (Å²) in [5, 5.41) is 0.585. The molecule has 0 saturated heterocycles. The summed E-state index contributed by atoms with van der Waals surface area (Å²) in [5.41, 5.74) is 2.68. The number of hydrogen-bond acceptors (Lipinski definition) is 4. The van der Waals surface area contributed by atoms with Crippen LogP contribution in [-0.2, 0) is 22.5 Å². The third-order valence-corrected chi connectivity index (χ3v) is 4.78. The Bertz CT molecular complexity index is 1090. The molecule has 0 aliphatic carbocycles. The molecule has 0 saturated carbocycles. The first-order valence-electron chi connectivity index (χ1n) is 8.75. The van der Waals surface area contributed by atoms with E-state index < -0.39 is 5.97 Å². The lowest BCUT2D eigenvalue weighted by Crippen LogP contribution is -2.38. The van der Waals surface area contributed by atoms with Gasteiger partial charge in [-0.1, -0.05) is 42.5 Å². The molecule has 1 aliphatic heterocycles. The molecular weight excluding hydrogens is 344 g/mol. The number of benzene rings is 2. The van der Waals surface area contributed by atoms with E-state index in [4.69, 9.17) is 4.74 Å². The Kier molecular flexibility index (Phi) is 4.46. The predicted octanol–water partition coefficient (Wildman–Crippen LogP) is 2.27. The Morgan fingerprint density at radius 2 is 1.78 bits per heavy atom. The van der Waals surface area contributed by atoms with Gasteiger partial charge in [0.15, 0.2) is 6.61 Å². The Hall–Kier alpha value is -3.41. The molecule has 0 atom stereocenters. The van der Waals surface area contributed by atoms with Crippen LogP contribution >= 0.6 is 0 Å². The molecule has 4 rings (SSSR count). The van der Waals surface area contributed by atoms with Crippen molar-refractivity contribution in [2.45, 2.75) is 13.0 Å². The molecule has 0 radical (unpaired) electrons. The largest absolute Gasteiger partial charge is 0.452 e. The van der Waals surface area contributed by atoms with Crippen molar-refractivity contribution < 1.29 is 14.3 Å². The molecule has 1 aromatic heterocycles. The minimum atomic E-state index is -0.678. The second-order valence-electron chi connectivity index (χ2n) is 6.50. The van der Waals surface area contributed by atoms with Crippen LogP contribution in [0.1, 0.15) is 21.5 Å². The normalized spacial score (nSPS) is 13.3. The lowest BCUT2D eigenvalue weighted by atomic mass is 10.00. The number of H-pyrrole nitrogens is 1. The highest BCUT2D eigenvalue weighted by atomic mass is 16.5. The number of fused-ring (bicyclic) bond motifs is 2. The van der Waals surface area contributed by atoms with Gasteiger partial charge in [0.1, 0.15) is 0 Å². The fourth-order valence-electron chi connectivity index (χ4n) is 3.38. The summed E-state index contributed by atoms with van der Waals surface area (Å²) < 4.78 is 5.21. The molecule has 6 heteroatoms. The van der Waals surface area contributed by atoms with Gasteiger partial charge in [0.2, 0.25) is 5.56 Å². The smallest absolute Gasteiger partial charge is 0.339 e. The summed E-state index contributed by atoms with van der Waals surface area (Å²) in [6.07, 6.45) is 0.786. The number of ether oxygens (including phenoxy) is 1. The molecule has 1 aliphatic rings. The van der Waals surface area contributed by atoms with E-state index in [-0.39, 0.29) is 23.6 Å². The Morgan fingerprint density at radius 1 is 1.04 bits per heavy atom. The fourth-order valence-corrected chi connectivity index (χ4v) is 3.38. The van der Waals surface area contributed by atoms with Gasteiger partial charge in [0, 0.05) is 30.1 Å². The van der Waals surface area contributed by atoms with E-state index in [1.165, 1.54) is 11.6 Å². The number of carbonyl (C=O) groups is 2. The van der Waals surface area contributed by atoms with Crippen LogP contribution in [0.4, 0.5) is 0 Å². The van der Waals surface area contributed by atoms with Crippen molar-refractivity contribution in [3.63, 3.8) is 0 Å². The van der Waals surface area contributed by atoms with E-state index in [9.17, 15) is 14.4 Å². The molecule has 0 fully saturated rings. The van der Waals surface area contributed by atoms with Gasteiger partial charge in [-0.2, -0.15) is 0 Å². The number of aromatic nitrogens is 1. The van der Waals surface area contributed by atoms with Crippen LogP contribution in [0.2, 0.25) is 0 Å². The highest BCUT2D eigenvalue weighted by molar-refractivity contribution is 6.03. The van der Waals surface area contributed by atoms with Gasteiger partial charge in [-0.3, -0.25) is 9.59 Å². The van der Waals surface area contributed by atoms with Gasteiger partial charge >= 0.3 is 5.97 Å². The predicted molar refractivity (Wildman–Crippen MR) is 100 cm³/mol. The summed E-state index contributed by atoms with van der Waals surface area (Å²) in [4.78, 5) is 41.0. The number of amides is 1. The van der Waals surface area contributed by atoms with Gasteiger partial charge in [-0.15, -0.1) is 0 Å². The van der Waals surface area contributed by atoms with Crippen molar-refractivity contribution in [2.24, 2.45) is 0 Å². The number of para-hydroxylation sites is 1. The Morgan fingerprint density at radius 3 is 2.63 bits per heavy atom. The molecule has 6 nitrogen and oxygen atoms in total. The third kappa shape index (κ3) is 3.46. The maximum Gasteiger partial charge on any atom is 0.339 e. The van der Waals surface area contributed by atoms with Gasteiger partial charge in [0.25, 0.3) is 5.91 Å². The van der Waals surface area contributed by atoms with Crippen molar-refractivity contribution in [3.8, 4) is 0 Å². The van der Waals surface area contributed by atoms with Crippen molar-refractivity contribution in [1.29, 1.82) is 0 Å². The van der Waals surface area contributed by atoms with E-state index in [0.29, 0.717) is 24.0 Å². The topological polar surface area (TPSA) is 79.5 Å². The highest BCUT2D eigenvalue weighted by Crippen LogP contribution is 2.19. The molecule has 136 valence electrons. The molecule has 1 N–H and O–H groups in total. The number of nitrogens with zero attached hydrogens (tertiary/aromatic N) is 1.